The lowest BCUT2D eigenvalue weighted by Gasteiger charge is -2.28. The molecule has 1 aliphatic rings. The number of aliphatic hydroxyl groups excluding tert-OH is 1. The lowest BCUT2D eigenvalue weighted by atomic mass is 9.85. The molecular formula is C13H28N2O. The number of likely N-dealkylation sites (tertiary alicyclic amines) is 1. The Balaban J connectivity index is 2.20. The Labute approximate surface area is 100 Å². The van der Waals surface area contributed by atoms with Crippen molar-refractivity contribution < 1.29 is 5.11 Å². The Morgan fingerprint density at radius 3 is 2.69 bits per heavy atom. The summed E-state index contributed by atoms with van der Waals surface area (Å²) in [5.41, 5.74) is 6.37. The third-order valence-electron chi connectivity index (χ3n) is 3.78. The summed E-state index contributed by atoms with van der Waals surface area (Å²) in [5, 5.41) is 8.90. The van der Waals surface area contributed by atoms with Crippen molar-refractivity contribution in [2.75, 3.05) is 26.2 Å². The summed E-state index contributed by atoms with van der Waals surface area (Å²) >= 11 is 0. The number of nitrogens with two attached hydrogens (primary N) is 1. The molecule has 1 heterocycles. The molecule has 1 fully saturated rings. The van der Waals surface area contributed by atoms with Crippen molar-refractivity contribution in [2.45, 2.75) is 46.1 Å². The van der Waals surface area contributed by atoms with Crippen molar-refractivity contribution in [1.82, 2.24) is 4.90 Å². The van der Waals surface area contributed by atoms with Gasteiger partial charge < -0.3 is 15.7 Å². The van der Waals surface area contributed by atoms with E-state index in [0.717, 1.165) is 25.9 Å². The zero-order chi connectivity index (χ0) is 12.2. The fourth-order valence-corrected chi connectivity index (χ4v) is 2.29. The first-order chi connectivity index (χ1) is 7.43. The molecule has 3 nitrogen and oxygen atoms in total. The highest BCUT2D eigenvalue weighted by molar-refractivity contribution is 4.81. The minimum absolute atomic E-state index is 0.213. The molecule has 0 saturated carbocycles. The van der Waals surface area contributed by atoms with E-state index in [9.17, 15) is 0 Å². The van der Waals surface area contributed by atoms with Crippen molar-refractivity contribution in [3.8, 4) is 0 Å². The second-order valence-electron chi connectivity index (χ2n) is 6.23. The first-order valence-electron chi connectivity index (χ1n) is 6.52. The lowest BCUT2D eigenvalue weighted by Crippen LogP contribution is -2.38. The molecule has 0 amide bonds. The van der Waals surface area contributed by atoms with Crippen LogP contribution in [0, 0.1) is 11.3 Å². The molecule has 2 atom stereocenters. The molecule has 3 heteroatoms. The average molecular weight is 228 g/mol. The fourth-order valence-electron chi connectivity index (χ4n) is 2.29. The first-order valence-corrected chi connectivity index (χ1v) is 6.52. The van der Waals surface area contributed by atoms with Gasteiger partial charge in [-0.2, -0.15) is 0 Å². The number of hydrogen-bond acceptors (Lipinski definition) is 3. The normalized spacial score (nSPS) is 24.9. The number of rotatable bonds is 5. The van der Waals surface area contributed by atoms with Gasteiger partial charge in [-0.1, -0.05) is 20.8 Å². The van der Waals surface area contributed by atoms with Crippen LogP contribution in [-0.2, 0) is 0 Å². The van der Waals surface area contributed by atoms with Crippen molar-refractivity contribution in [2.24, 2.45) is 17.1 Å². The van der Waals surface area contributed by atoms with Crippen LogP contribution in [0.2, 0.25) is 0 Å². The molecule has 2 unspecified atom stereocenters. The summed E-state index contributed by atoms with van der Waals surface area (Å²) in [5.74, 6) is 0.705. The molecule has 0 bridgehead atoms. The molecule has 1 saturated heterocycles. The van der Waals surface area contributed by atoms with Crippen molar-refractivity contribution in [3.63, 3.8) is 0 Å². The SMILES string of the molecule is CC(C)(C)C(N)CCN1CCC(CCO)C1. The van der Waals surface area contributed by atoms with Crippen LogP contribution in [0.4, 0.5) is 0 Å². The number of aliphatic hydroxyl groups is 1. The van der Waals surface area contributed by atoms with Crippen LogP contribution in [0.25, 0.3) is 0 Å². The first kappa shape index (κ1) is 13.9. The van der Waals surface area contributed by atoms with Gasteiger partial charge in [-0.25, -0.2) is 0 Å². The fraction of sp³-hybridized carbons (Fsp3) is 1.00. The zero-order valence-electron chi connectivity index (χ0n) is 11.1. The molecule has 0 aromatic carbocycles. The molecule has 0 aromatic rings. The van der Waals surface area contributed by atoms with Gasteiger partial charge in [-0.05, 0) is 43.7 Å². The van der Waals surface area contributed by atoms with Gasteiger partial charge in [0.05, 0.1) is 0 Å². The summed E-state index contributed by atoms with van der Waals surface area (Å²) < 4.78 is 0. The Bertz CT molecular complexity index is 201. The van der Waals surface area contributed by atoms with Crippen molar-refractivity contribution in [3.05, 3.63) is 0 Å². The third-order valence-corrected chi connectivity index (χ3v) is 3.78. The van der Waals surface area contributed by atoms with Crippen molar-refractivity contribution >= 4 is 0 Å². The van der Waals surface area contributed by atoms with Gasteiger partial charge in [0.15, 0.2) is 0 Å². The second-order valence-corrected chi connectivity index (χ2v) is 6.23. The zero-order valence-corrected chi connectivity index (χ0v) is 11.1. The smallest absolute Gasteiger partial charge is 0.0434 e. The van der Waals surface area contributed by atoms with Gasteiger partial charge in [0.25, 0.3) is 0 Å². The average Bonchev–Trinajstić information content (AvgIpc) is 2.61. The number of nitrogens with zero attached hydrogens (tertiary/aromatic N) is 1. The maximum atomic E-state index is 8.90. The lowest BCUT2D eigenvalue weighted by molar-refractivity contribution is 0.235. The van der Waals surface area contributed by atoms with E-state index in [4.69, 9.17) is 10.8 Å². The number of hydrogen-bond donors (Lipinski definition) is 2. The predicted molar refractivity (Wildman–Crippen MR) is 68.3 cm³/mol. The van der Waals surface area contributed by atoms with Gasteiger partial charge in [-0.3, -0.25) is 0 Å². The third kappa shape index (κ3) is 4.40. The molecule has 0 aliphatic carbocycles. The predicted octanol–water partition coefficient (Wildman–Crippen LogP) is 1.45. The Morgan fingerprint density at radius 2 is 2.12 bits per heavy atom. The van der Waals surface area contributed by atoms with Crippen LogP contribution in [0.5, 0.6) is 0 Å². The largest absolute Gasteiger partial charge is 0.396 e. The molecule has 1 aliphatic heterocycles. The van der Waals surface area contributed by atoms with Crippen LogP contribution in [0.15, 0.2) is 0 Å². The molecule has 0 aromatic heterocycles. The highest BCUT2D eigenvalue weighted by Crippen LogP contribution is 2.23. The van der Waals surface area contributed by atoms with E-state index in [0.29, 0.717) is 12.5 Å². The standard InChI is InChI=1S/C13H28N2O/c1-13(2,3)12(14)5-8-15-7-4-11(10-15)6-9-16/h11-12,16H,4-10,14H2,1-3H3. The second kappa shape index (κ2) is 5.99. The van der Waals surface area contributed by atoms with E-state index in [-0.39, 0.29) is 11.5 Å². The van der Waals surface area contributed by atoms with Crippen molar-refractivity contribution in [1.29, 1.82) is 0 Å². The topological polar surface area (TPSA) is 49.5 Å². The summed E-state index contributed by atoms with van der Waals surface area (Å²) in [7, 11) is 0. The van der Waals surface area contributed by atoms with Gasteiger partial charge in [0.2, 0.25) is 0 Å². The molecule has 1 rings (SSSR count). The Kier molecular flexibility index (Phi) is 5.22. The van der Waals surface area contributed by atoms with Crippen LogP contribution >= 0.6 is 0 Å². The van der Waals surface area contributed by atoms with Crippen LogP contribution in [0.3, 0.4) is 0 Å². The monoisotopic (exact) mass is 228 g/mol. The minimum atomic E-state index is 0.213. The van der Waals surface area contributed by atoms with Crippen LogP contribution in [-0.4, -0.2) is 42.3 Å². The van der Waals surface area contributed by atoms with Gasteiger partial charge in [0.1, 0.15) is 0 Å². The maximum absolute atomic E-state index is 8.90. The molecule has 3 N–H and O–H groups in total. The molecule has 0 radical (unpaired) electrons. The van der Waals surface area contributed by atoms with Crippen LogP contribution < -0.4 is 5.73 Å². The van der Waals surface area contributed by atoms with E-state index in [1.807, 2.05) is 0 Å². The molecule has 0 spiro atoms. The van der Waals surface area contributed by atoms with E-state index in [1.54, 1.807) is 0 Å². The van der Waals surface area contributed by atoms with Crippen LogP contribution in [0.1, 0.15) is 40.0 Å². The van der Waals surface area contributed by atoms with E-state index >= 15 is 0 Å². The summed E-state index contributed by atoms with van der Waals surface area (Å²) in [6, 6.07) is 0.282. The van der Waals surface area contributed by atoms with E-state index in [1.165, 1.54) is 13.0 Å². The van der Waals surface area contributed by atoms with Gasteiger partial charge >= 0.3 is 0 Å². The van der Waals surface area contributed by atoms with E-state index < -0.39 is 0 Å². The Morgan fingerprint density at radius 1 is 1.44 bits per heavy atom. The molecular weight excluding hydrogens is 200 g/mol. The van der Waals surface area contributed by atoms with Gasteiger partial charge in [-0.15, -0.1) is 0 Å². The highest BCUT2D eigenvalue weighted by Gasteiger charge is 2.25. The molecule has 16 heavy (non-hydrogen) atoms. The Hall–Kier alpha value is -0.120. The minimum Gasteiger partial charge on any atom is -0.396 e. The maximum Gasteiger partial charge on any atom is 0.0434 e. The summed E-state index contributed by atoms with van der Waals surface area (Å²) in [6.07, 6.45) is 3.28. The van der Waals surface area contributed by atoms with E-state index in [2.05, 4.69) is 25.7 Å². The summed E-state index contributed by atoms with van der Waals surface area (Å²) in [4.78, 5) is 2.49. The van der Waals surface area contributed by atoms with Gasteiger partial charge in [0, 0.05) is 19.2 Å². The summed E-state index contributed by atoms with van der Waals surface area (Å²) in [6.45, 7) is 10.4. The highest BCUT2D eigenvalue weighted by atomic mass is 16.3. The molecule has 96 valence electrons. The quantitative estimate of drug-likeness (QED) is 0.749.